The van der Waals surface area contributed by atoms with Gasteiger partial charge in [0, 0.05) is 5.90 Å². The van der Waals surface area contributed by atoms with E-state index in [2.05, 4.69) is 97.1 Å². The number of benzene rings is 4. The Labute approximate surface area is 151 Å². The van der Waals surface area contributed by atoms with E-state index in [4.69, 9.17) is 0 Å². The Morgan fingerprint density at radius 2 is 0.960 bits per heavy atom. The van der Waals surface area contributed by atoms with Gasteiger partial charge in [-0.05, 0) is 47.8 Å². The highest BCUT2D eigenvalue weighted by Crippen LogP contribution is 2.53. The summed E-state index contributed by atoms with van der Waals surface area (Å²) in [5.41, 5.74) is 0. The zero-order valence-electron chi connectivity index (χ0n) is 13.8. The molecule has 25 heavy (non-hydrogen) atoms. The average molecular weight is 356 g/mol. The van der Waals surface area contributed by atoms with Crippen LogP contribution >= 0.6 is 15.8 Å². The van der Waals surface area contributed by atoms with Gasteiger partial charge >= 0.3 is 0 Å². The van der Waals surface area contributed by atoms with Crippen molar-refractivity contribution in [2.45, 2.75) is 0 Å². The lowest BCUT2D eigenvalue weighted by Crippen LogP contribution is -2.28. The van der Waals surface area contributed by atoms with Gasteiger partial charge in [-0.15, -0.1) is 0 Å². The maximum absolute atomic E-state index is 2.36. The van der Waals surface area contributed by atoms with Crippen molar-refractivity contribution < 1.29 is 0 Å². The fraction of sp³-hybridized carbons (Fsp3) is 0.0435. The minimum Gasteiger partial charge on any atom is -0.0622 e. The lowest BCUT2D eigenvalue weighted by Gasteiger charge is -2.33. The van der Waals surface area contributed by atoms with Crippen molar-refractivity contribution in [1.82, 2.24) is 0 Å². The van der Waals surface area contributed by atoms with Gasteiger partial charge < -0.3 is 0 Å². The molecular weight excluding hydrogens is 338 g/mol. The van der Waals surface area contributed by atoms with Crippen molar-refractivity contribution in [3.63, 3.8) is 0 Å². The van der Waals surface area contributed by atoms with E-state index in [9.17, 15) is 0 Å². The molecule has 120 valence electrons. The molecule has 0 N–H and O–H groups in total. The Bertz CT molecular complexity index is 945. The summed E-state index contributed by atoms with van der Waals surface area (Å²) in [4.78, 5) is 0. The molecule has 4 aromatic rings. The second-order valence-electron chi connectivity index (χ2n) is 6.32. The van der Waals surface area contributed by atoms with Gasteiger partial charge in [0.15, 0.2) is 0 Å². The quantitative estimate of drug-likeness (QED) is 0.458. The van der Waals surface area contributed by atoms with Crippen LogP contribution in [0.2, 0.25) is 0 Å². The van der Waals surface area contributed by atoms with Crippen LogP contribution in [0.25, 0.3) is 10.8 Å². The van der Waals surface area contributed by atoms with Crippen molar-refractivity contribution in [2.75, 3.05) is 5.90 Å². The summed E-state index contributed by atoms with van der Waals surface area (Å²) in [6.07, 6.45) is 0. The van der Waals surface area contributed by atoms with Crippen LogP contribution in [0.5, 0.6) is 0 Å². The lowest BCUT2D eigenvalue weighted by atomic mass is 10.1. The molecule has 2 atom stereocenters. The summed E-state index contributed by atoms with van der Waals surface area (Å²) < 4.78 is 0. The predicted octanol–water partition coefficient (Wildman–Crippen LogP) is 4.68. The first-order valence-electron chi connectivity index (χ1n) is 8.59. The molecule has 0 radical (unpaired) electrons. The number of hydrogen-bond acceptors (Lipinski definition) is 0. The van der Waals surface area contributed by atoms with Crippen LogP contribution in [0.1, 0.15) is 0 Å². The van der Waals surface area contributed by atoms with Gasteiger partial charge in [-0.25, -0.2) is 0 Å². The summed E-state index contributed by atoms with van der Waals surface area (Å²) in [5.74, 6) is 1.26. The molecular formula is C23H18P2. The van der Waals surface area contributed by atoms with E-state index in [0.29, 0.717) is 0 Å². The van der Waals surface area contributed by atoms with Gasteiger partial charge in [0.05, 0.1) is 0 Å². The third kappa shape index (κ3) is 2.62. The Morgan fingerprint density at radius 1 is 0.480 bits per heavy atom. The molecule has 0 saturated carbocycles. The summed E-state index contributed by atoms with van der Waals surface area (Å²) in [6.45, 7) is 0. The normalized spacial score (nSPS) is 19.0. The first-order chi connectivity index (χ1) is 12.4. The maximum atomic E-state index is 2.36. The van der Waals surface area contributed by atoms with Crippen LogP contribution in [0, 0.1) is 0 Å². The van der Waals surface area contributed by atoms with Crippen molar-refractivity contribution >= 4 is 47.8 Å². The molecule has 2 heteroatoms. The first kappa shape index (κ1) is 15.3. The molecule has 0 nitrogen and oxygen atoms in total. The van der Waals surface area contributed by atoms with Crippen LogP contribution in [0.4, 0.5) is 0 Å². The first-order valence-corrected chi connectivity index (χ1v) is 11.6. The fourth-order valence-electron chi connectivity index (χ4n) is 3.70. The minimum absolute atomic E-state index is 0.306. The standard InChI is InChI=1S/C23H18P2/c1-3-11-19(12-4-1)24-17-25(20-13-5-2-6-14-20)22-16-8-10-18-9-7-15-21(24)23(18)22/h1-16H,17H2. The zero-order valence-corrected chi connectivity index (χ0v) is 15.6. The molecule has 0 aromatic heterocycles. The summed E-state index contributed by atoms with van der Waals surface area (Å²) >= 11 is 0. The van der Waals surface area contributed by atoms with E-state index in [1.807, 2.05) is 0 Å². The van der Waals surface area contributed by atoms with Crippen molar-refractivity contribution in [1.29, 1.82) is 0 Å². The van der Waals surface area contributed by atoms with Gasteiger partial charge in [0.25, 0.3) is 0 Å². The highest BCUT2D eigenvalue weighted by molar-refractivity contribution is 7.90. The van der Waals surface area contributed by atoms with Crippen LogP contribution in [0.3, 0.4) is 0 Å². The molecule has 0 aliphatic carbocycles. The summed E-state index contributed by atoms with van der Waals surface area (Å²) in [7, 11) is -0.612. The number of rotatable bonds is 2. The second kappa shape index (κ2) is 6.38. The van der Waals surface area contributed by atoms with Crippen LogP contribution in [-0.4, -0.2) is 5.90 Å². The highest BCUT2D eigenvalue weighted by atomic mass is 31.2. The monoisotopic (exact) mass is 356 g/mol. The van der Waals surface area contributed by atoms with Crippen molar-refractivity contribution in [2.24, 2.45) is 0 Å². The Hall–Kier alpha value is -2.00. The molecule has 1 aliphatic rings. The average Bonchev–Trinajstić information content (AvgIpc) is 2.70. The molecule has 0 fully saturated rings. The van der Waals surface area contributed by atoms with Crippen LogP contribution < -0.4 is 21.2 Å². The van der Waals surface area contributed by atoms with E-state index in [-0.39, 0.29) is 15.8 Å². The predicted molar refractivity (Wildman–Crippen MR) is 114 cm³/mol. The van der Waals surface area contributed by atoms with Gasteiger partial charge in [0.2, 0.25) is 0 Å². The SMILES string of the molecule is c1ccc(P2CP(c3ccccc3)c3cccc4cccc2c34)cc1. The van der Waals surface area contributed by atoms with Gasteiger partial charge in [-0.3, -0.25) is 0 Å². The van der Waals surface area contributed by atoms with Gasteiger partial charge in [0.1, 0.15) is 0 Å². The van der Waals surface area contributed by atoms with E-state index in [0.717, 1.165) is 0 Å². The maximum Gasteiger partial charge on any atom is 0.00410 e. The molecule has 0 bridgehead atoms. The molecule has 1 aliphatic heterocycles. The fourth-order valence-corrected chi connectivity index (χ4v) is 10.6. The highest BCUT2D eigenvalue weighted by Gasteiger charge is 2.30. The molecule has 1 heterocycles. The molecule has 0 saturated heterocycles. The van der Waals surface area contributed by atoms with Crippen LogP contribution in [0.15, 0.2) is 97.1 Å². The molecule has 0 amide bonds. The smallest absolute Gasteiger partial charge is 0.00410 e. The van der Waals surface area contributed by atoms with E-state index in [1.54, 1.807) is 10.6 Å². The van der Waals surface area contributed by atoms with Crippen LogP contribution in [-0.2, 0) is 0 Å². The molecule has 2 unspecified atom stereocenters. The van der Waals surface area contributed by atoms with E-state index < -0.39 is 0 Å². The second-order valence-corrected chi connectivity index (χ2v) is 11.2. The molecule has 4 aromatic carbocycles. The summed E-state index contributed by atoms with van der Waals surface area (Å²) in [6, 6.07) is 36.0. The Balaban J connectivity index is 1.79. The van der Waals surface area contributed by atoms with Gasteiger partial charge in [-0.2, -0.15) is 0 Å². The molecule has 0 spiro atoms. The Kier molecular flexibility index (Phi) is 3.90. The van der Waals surface area contributed by atoms with Gasteiger partial charge in [-0.1, -0.05) is 97.1 Å². The third-order valence-corrected chi connectivity index (χ3v) is 10.9. The Morgan fingerprint density at radius 3 is 1.44 bits per heavy atom. The summed E-state index contributed by atoms with van der Waals surface area (Å²) in [5, 5.41) is 9.03. The van der Waals surface area contributed by atoms with Crippen molar-refractivity contribution in [3.05, 3.63) is 97.1 Å². The van der Waals surface area contributed by atoms with Crippen molar-refractivity contribution in [3.8, 4) is 0 Å². The minimum atomic E-state index is -0.306. The zero-order chi connectivity index (χ0) is 16.6. The van der Waals surface area contributed by atoms with E-state index >= 15 is 0 Å². The largest absolute Gasteiger partial charge is 0.0622 e. The lowest BCUT2D eigenvalue weighted by molar-refractivity contribution is 1.74. The third-order valence-electron chi connectivity index (χ3n) is 4.86. The number of hydrogen-bond donors (Lipinski definition) is 0. The topological polar surface area (TPSA) is 0 Å². The van der Waals surface area contributed by atoms with E-state index in [1.165, 1.54) is 27.3 Å². The molecule has 5 rings (SSSR count).